The summed E-state index contributed by atoms with van der Waals surface area (Å²) >= 11 is 0. The first-order chi connectivity index (χ1) is 12.5. The van der Waals surface area contributed by atoms with Gasteiger partial charge < -0.3 is 15.4 Å². The van der Waals surface area contributed by atoms with Crippen LogP contribution in [-0.4, -0.2) is 57.5 Å². The molecule has 1 amide bonds. The molecule has 26 heavy (non-hydrogen) atoms. The van der Waals surface area contributed by atoms with Gasteiger partial charge in [-0.15, -0.1) is 0 Å². The van der Waals surface area contributed by atoms with Gasteiger partial charge in [-0.05, 0) is 30.5 Å². The molecule has 1 aromatic carbocycles. The van der Waals surface area contributed by atoms with E-state index in [1.807, 2.05) is 13.8 Å². The molecule has 0 radical (unpaired) electrons. The minimum Gasteiger partial charge on any atom is -0.377 e. The number of rotatable bonds is 10. The second-order valence-electron chi connectivity index (χ2n) is 6.28. The molecule has 0 saturated carbocycles. The molecule has 2 N–H and O–H groups in total. The fraction of sp³-hybridized carbons (Fsp3) is 0.611. The fourth-order valence-corrected chi connectivity index (χ4v) is 4.37. The maximum Gasteiger partial charge on any atom is 0.243 e. The first-order valence-electron chi connectivity index (χ1n) is 9.15. The number of sulfonamides is 1. The molecule has 8 heteroatoms. The van der Waals surface area contributed by atoms with E-state index < -0.39 is 10.0 Å². The van der Waals surface area contributed by atoms with Crippen molar-refractivity contribution in [1.29, 1.82) is 0 Å². The third kappa shape index (κ3) is 5.77. The van der Waals surface area contributed by atoms with Crippen LogP contribution in [-0.2, 0) is 26.1 Å². The van der Waals surface area contributed by atoms with Crippen molar-refractivity contribution in [3.05, 3.63) is 29.8 Å². The molecule has 1 atom stereocenters. The summed E-state index contributed by atoms with van der Waals surface area (Å²) in [7, 11) is -3.45. The highest BCUT2D eigenvalue weighted by Gasteiger charge is 2.21. The number of benzene rings is 1. The van der Waals surface area contributed by atoms with Crippen molar-refractivity contribution in [2.24, 2.45) is 0 Å². The van der Waals surface area contributed by atoms with Crippen LogP contribution in [0.4, 0.5) is 0 Å². The van der Waals surface area contributed by atoms with Gasteiger partial charge in [-0.1, -0.05) is 26.0 Å². The van der Waals surface area contributed by atoms with Gasteiger partial charge >= 0.3 is 0 Å². The largest absolute Gasteiger partial charge is 0.377 e. The number of hydrogen-bond donors (Lipinski definition) is 2. The lowest BCUT2D eigenvalue weighted by Gasteiger charge is -2.18. The van der Waals surface area contributed by atoms with Crippen LogP contribution in [0, 0.1) is 0 Å². The van der Waals surface area contributed by atoms with Crippen LogP contribution in [0.5, 0.6) is 0 Å². The predicted molar refractivity (Wildman–Crippen MR) is 100 cm³/mol. The first-order valence-corrected chi connectivity index (χ1v) is 10.6. The highest BCUT2D eigenvalue weighted by Crippen LogP contribution is 2.16. The Hall–Kier alpha value is -1.48. The second-order valence-corrected chi connectivity index (χ2v) is 8.21. The van der Waals surface area contributed by atoms with Gasteiger partial charge in [-0.2, -0.15) is 4.31 Å². The van der Waals surface area contributed by atoms with Gasteiger partial charge in [0.15, 0.2) is 0 Å². The Morgan fingerprint density at radius 2 is 1.92 bits per heavy atom. The number of ether oxygens (including phenoxy) is 1. The molecule has 0 aromatic heterocycles. The summed E-state index contributed by atoms with van der Waals surface area (Å²) in [5, 5.41) is 5.92. The molecule has 1 heterocycles. The molecule has 2 rings (SSSR count). The molecule has 1 aliphatic heterocycles. The Labute approximate surface area is 156 Å². The average molecular weight is 384 g/mol. The average Bonchev–Trinajstić information content (AvgIpc) is 3.14. The molecule has 1 saturated heterocycles. The van der Waals surface area contributed by atoms with E-state index in [0.717, 1.165) is 25.0 Å². The number of amides is 1. The predicted octanol–water partition coefficient (Wildman–Crippen LogP) is 1.10. The third-order valence-electron chi connectivity index (χ3n) is 4.44. The number of nitrogens with zero attached hydrogens (tertiary/aromatic N) is 1. The van der Waals surface area contributed by atoms with E-state index >= 15 is 0 Å². The van der Waals surface area contributed by atoms with E-state index in [1.165, 1.54) is 4.31 Å². The Balaban J connectivity index is 1.78. The first kappa shape index (κ1) is 20.8. The molecule has 1 unspecified atom stereocenters. The van der Waals surface area contributed by atoms with Gasteiger partial charge in [0.2, 0.25) is 15.9 Å². The van der Waals surface area contributed by atoms with Crippen LogP contribution in [0.15, 0.2) is 29.2 Å². The Kier molecular flexibility index (Phi) is 8.02. The lowest BCUT2D eigenvalue weighted by atomic mass is 10.2. The minimum atomic E-state index is -3.45. The summed E-state index contributed by atoms with van der Waals surface area (Å²) in [5.41, 5.74) is 0.857. The normalized spacial score (nSPS) is 17.6. The molecule has 146 valence electrons. The molecule has 0 aliphatic carbocycles. The van der Waals surface area contributed by atoms with E-state index in [4.69, 9.17) is 4.74 Å². The second kappa shape index (κ2) is 10.0. The number of carbonyl (C=O) groups excluding carboxylic acids is 1. The summed E-state index contributed by atoms with van der Waals surface area (Å²) in [4.78, 5) is 12.1. The van der Waals surface area contributed by atoms with Gasteiger partial charge in [0.1, 0.15) is 0 Å². The Morgan fingerprint density at radius 3 is 2.50 bits per heavy atom. The fourth-order valence-electron chi connectivity index (χ4n) is 2.91. The summed E-state index contributed by atoms with van der Waals surface area (Å²) in [6, 6.07) is 6.64. The highest BCUT2D eigenvalue weighted by atomic mass is 32.2. The van der Waals surface area contributed by atoms with Gasteiger partial charge in [0, 0.05) is 32.8 Å². The molecule has 1 fully saturated rings. The van der Waals surface area contributed by atoms with Crippen molar-refractivity contribution >= 4 is 15.9 Å². The zero-order valence-corrected chi connectivity index (χ0v) is 16.3. The van der Waals surface area contributed by atoms with Crippen LogP contribution >= 0.6 is 0 Å². The zero-order valence-electron chi connectivity index (χ0n) is 15.5. The molecule has 1 aromatic rings. The molecule has 7 nitrogen and oxygen atoms in total. The molecule has 1 aliphatic rings. The van der Waals surface area contributed by atoms with Gasteiger partial charge in [0.25, 0.3) is 0 Å². The summed E-state index contributed by atoms with van der Waals surface area (Å²) in [6.45, 7) is 6.62. The number of carbonyl (C=O) groups is 1. The van der Waals surface area contributed by atoms with Gasteiger partial charge in [-0.25, -0.2) is 8.42 Å². The number of hydrogen-bond acceptors (Lipinski definition) is 5. The van der Waals surface area contributed by atoms with E-state index in [9.17, 15) is 13.2 Å². The van der Waals surface area contributed by atoms with Crippen molar-refractivity contribution in [3.63, 3.8) is 0 Å². The van der Waals surface area contributed by atoms with Crippen LogP contribution in [0.3, 0.4) is 0 Å². The van der Waals surface area contributed by atoms with Crippen molar-refractivity contribution in [2.45, 2.75) is 44.2 Å². The monoisotopic (exact) mass is 383 g/mol. The van der Waals surface area contributed by atoms with Crippen molar-refractivity contribution in [2.75, 3.05) is 32.8 Å². The summed E-state index contributed by atoms with van der Waals surface area (Å²) in [6.07, 6.45) is 2.33. The third-order valence-corrected chi connectivity index (χ3v) is 6.50. The van der Waals surface area contributed by atoms with Crippen LogP contribution in [0.25, 0.3) is 0 Å². The van der Waals surface area contributed by atoms with Crippen molar-refractivity contribution in [1.82, 2.24) is 14.9 Å². The maximum atomic E-state index is 12.4. The van der Waals surface area contributed by atoms with Crippen molar-refractivity contribution < 1.29 is 17.9 Å². The van der Waals surface area contributed by atoms with Crippen LogP contribution < -0.4 is 10.6 Å². The van der Waals surface area contributed by atoms with Gasteiger partial charge in [-0.3, -0.25) is 4.79 Å². The molecular formula is C18H29N3O4S. The topological polar surface area (TPSA) is 87.7 Å². The van der Waals surface area contributed by atoms with Crippen molar-refractivity contribution in [3.8, 4) is 0 Å². The van der Waals surface area contributed by atoms with E-state index in [2.05, 4.69) is 10.6 Å². The summed E-state index contributed by atoms with van der Waals surface area (Å²) in [5.74, 6) is -0.0946. The quantitative estimate of drug-likeness (QED) is 0.632. The standard InChI is InChI=1S/C18H29N3O4S/c1-3-21(4-2)26(23,24)17-9-7-15(8-10-17)12-20-18(22)14-19-13-16-6-5-11-25-16/h7-10,16,19H,3-6,11-14H2,1-2H3,(H,20,22). The van der Waals surface area contributed by atoms with Gasteiger partial charge in [0.05, 0.1) is 17.5 Å². The summed E-state index contributed by atoms with van der Waals surface area (Å²) < 4.78 is 31.8. The van der Waals surface area contributed by atoms with Crippen LogP contribution in [0.1, 0.15) is 32.3 Å². The molecular weight excluding hydrogens is 354 g/mol. The Morgan fingerprint density at radius 1 is 1.23 bits per heavy atom. The lowest BCUT2D eigenvalue weighted by Crippen LogP contribution is -2.36. The van der Waals surface area contributed by atoms with E-state index in [1.54, 1.807) is 24.3 Å². The Bertz CT molecular complexity index is 666. The van der Waals surface area contributed by atoms with Crippen LogP contribution in [0.2, 0.25) is 0 Å². The smallest absolute Gasteiger partial charge is 0.243 e. The number of nitrogens with one attached hydrogen (secondary N) is 2. The maximum absolute atomic E-state index is 12.4. The van der Waals surface area contributed by atoms with E-state index in [0.29, 0.717) is 26.2 Å². The lowest BCUT2D eigenvalue weighted by molar-refractivity contribution is -0.120. The SMILES string of the molecule is CCN(CC)S(=O)(=O)c1ccc(CNC(=O)CNCC2CCCO2)cc1. The van der Waals surface area contributed by atoms with E-state index in [-0.39, 0.29) is 23.5 Å². The minimum absolute atomic E-state index is 0.0946. The molecule has 0 bridgehead atoms. The zero-order chi connectivity index (χ0) is 19.0. The molecule has 0 spiro atoms. The highest BCUT2D eigenvalue weighted by molar-refractivity contribution is 7.89.